The SMILES string of the molecule is O=C(O)C(O)COCc1cc(Br)nn1C1CCCCO1. The van der Waals surface area contributed by atoms with Crippen LogP contribution < -0.4 is 0 Å². The molecular weight excluding hydrogens is 332 g/mol. The van der Waals surface area contributed by atoms with E-state index in [0.29, 0.717) is 11.2 Å². The molecule has 0 aromatic carbocycles. The summed E-state index contributed by atoms with van der Waals surface area (Å²) < 4.78 is 13.3. The van der Waals surface area contributed by atoms with E-state index >= 15 is 0 Å². The number of halogens is 1. The van der Waals surface area contributed by atoms with Gasteiger partial charge in [0, 0.05) is 6.61 Å². The molecule has 2 heterocycles. The molecule has 20 heavy (non-hydrogen) atoms. The van der Waals surface area contributed by atoms with Gasteiger partial charge in [-0.25, -0.2) is 9.48 Å². The van der Waals surface area contributed by atoms with Crippen molar-refractivity contribution in [2.24, 2.45) is 0 Å². The van der Waals surface area contributed by atoms with Crippen LogP contribution in [0.5, 0.6) is 0 Å². The number of hydrogen-bond donors (Lipinski definition) is 2. The molecular formula is C12H17BrN2O5. The highest BCUT2D eigenvalue weighted by atomic mass is 79.9. The van der Waals surface area contributed by atoms with Crippen LogP contribution in [0.3, 0.4) is 0 Å². The van der Waals surface area contributed by atoms with Crippen molar-refractivity contribution in [3.8, 4) is 0 Å². The zero-order chi connectivity index (χ0) is 14.5. The summed E-state index contributed by atoms with van der Waals surface area (Å²) >= 11 is 3.31. The molecule has 2 rings (SSSR count). The number of aliphatic hydroxyl groups is 1. The monoisotopic (exact) mass is 348 g/mol. The van der Waals surface area contributed by atoms with Crippen LogP contribution in [0.25, 0.3) is 0 Å². The number of aromatic nitrogens is 2. The predicted octanol–water partition coefficient (Wildman–Crippen LogP) is 1.31. The van der Waals surface area contributed by atoms with E-state index in [0.717, 1.165) is 25.0 Å². The summed E-state index contributed by atoms with van der Waals surface area (Å²) in [5.74, 6) is -1.30. The molecule has 1 fully saturated rings. The van der Waals surface area contributed by atoms with E-state index in [1.807, 2.05) is 0 Å². The van der Waals surface area contributed by atoms with Gasteiger partial charge in [0.1, 0.15) is 4.60 Å². The summed E-state index contributed by atoms with van der Waals surface area (Å²) in [7, 11) is 0. The van der Waals surface area contributed by atoms with Crippen molar-refractivity contribution in [3.05, 3.63) is 16.4 Å². The summed E-state index contributed by atoms with van der Waals surface area (Å²) in [4.78, 5) is 10.5. The maximum absolute atomic E-state index is 10.5. The van der Waals surface area contributed by atoms with E-state index in [1.165, 1.54) is 0 Å². The Balaban J connectivity index is 1.95. The fourth-order valence-corrected chi connectivity index (χ4v) is 2.45. The summed E-state index contributed by atoms with van der Waals surface area (Å²) in [6.45, 7) is 0.618. The zero-order valence-electron chi connectivity index (χ0n) is 10.9. The smallest absolute Gasteiger partial charge is 0.334 e. The average Bonchev–Trinajstić information content (AvgIpc) is 2.80. The van der Waals surface area contributed by atoms with Crippen molar-refractivity contribution >= 4 is 21.9 Å². The number of carboxylic acid groups (broad SMARTS) is 1. The molecule has 2 unspecified atom stereocenters. The lowest BCUT2D eigenvalue weighted by Crippen LogP contribution is -2.26. The van der Waals surface area contributed by atoms with Crippen LogP contribution >= 0.6 is 15.9 Å². The molecule has 1 aliphatic heterocycles. The zero-order valence-corrected chi connectivity index (χ0v) is 12.5. The van der Waals surface area contributed by atoms with Crippen molar-refractivity contribution < 1.29 is 24.5 Å². The molecule has 1 aromatic rings. The highest BCUT2D eigenvalue weighted by molar-refractivity contribution is 9.10. The van der Waals surface area contributed by atoms with Crippen LogP contribution in [0, 0.1) is 0 Å². The van der Waals surface area contributed by atoms with Crippen LogP contribution in [0.2, 0.25) is 0 Å². The third-order valence-electron chi connectivity index (χ3n) is 3.02. The number of carboxylic acids is 1. The minimum absolute atomic E-state index is 0.113. The molecule has 2 N–H and O–H groups in total. The Bertz CT molecular complexity index is 459. The van der Waals surface area contributed by atoms with E-state index in [2.05, 4.69) is 21.0 Å². The van der Waals surface area contributed by atoms with Crippen LogP contribution in [-0.2, 0) is 20.9 Å². The van der Waals surface area contributed by atoms with Gasteiger partial charge in [-0.2, -0.15) is 5.10 Å². The van der Waals surface area contributed by atoms with Gasteiger partial charge in [-0.3, -0.25) is 0 Å². The Kier molecular flexibility index (Phi) is 5.53. The van der Waals surface area contributed by atoms with Crippen LogP contribution in [-0.4, -0.2) is 45.3 Å². The van der Waals surface area contributed by atoms with E-state index in [1.54, 1.807) is 10.7 Å². The molecule has 0 amide bonds. The molecule has 0 spiro atoms. The lowest BCUT2D eigenvalue weighted by atomic mass is 10.2. The maximum atomic E-state index is 10.5. The average molecular weight is 349 g/mol. The predicted molar refractivity (Wildman–Crippen MR) is 72.1 cm³/mol. The van der Waals surface area contributed by atoms with Crippen LogP contribution in [0.15, 0.2) is 10.7 Å². The molecule has 0 bridgehead atoms. The number of ether oxygens (including phenoxy) is 2. The Morgan fingerprint density at radius 3 is 3.10 bits per heavy atom. The molecule has 1 saturated heterocycles. The van der Waals surface area contributed by atoms with Gasteiger partial charge in [0.15, 0.2) is 12.3 Å². The fraction of sp³-hybridized carbons (Fsp3) is 0.667. The molecule has 0 saturated carbocycles. The molecule has 8 heteroatoms. The topological polar surface area (TPSA) is 93.8 Å². The molecule has 7 nitrogen and oxygen atoms in total. The molecule has 0 radical (unpaired) electrons. The summed E-state index contributed by atoms with van der Waals surface area (Å²) in [5.41, 5.74) is 0.779. The summed E-state index contributed by atoms with van der Waals surface area (Å²) in [5, 5.41) is 22.0. The van der Waals surface area contributed by atoms with E-state index in [4.69, 9.17) is 19.7 Å². The Labute approximate surface area is 124 Å². The minimum Gasteiger partial charge on any atom is -0.479 e. The van der Waals surface area contributed by atoms with Crippen molar-refractivity contribution in [2.45, 2.75) is 38.2 Å². The largest absolute Gasteiger partial charge is 0.479 e. The number of aliphatic hydroxyl groups excluding tert-OH is 1. The third-order valence-corrected chi connectivity index (χ3v) is 3.41. The van der Waals surface area contributed by atoms with Gasteiger partial charge in [-0.05, 0) is 41.3 Å². The number of rotatable bonds is 6. The van der Waals surface area contributed by atoms with Crippen LogP contribution in [0.1, 0.15) is 31.2 Å². The molecule has 0 aliphatic carbocycles. The van der Waals surface area contributed by atoms with Gasteiger partial charge < -0.3 is 19.7 Å². The first kappa shape index (κ1) is 15.4. The number of nitrogens with zero attached hydrogens (tertiary/aromatic N) is 2. The van der Waals surface area contributed by atoms with Gasteiger partial charge in [-0.1, -0.05) is 0 Å². The van der Waals surface area contributed by atoms with E-state index in [-0.39, 0.29) is 19.4 Å². The van der Waals surface area contributed by atoms with Crippen molar-refractivity contribution in [2.75, 3.05) is 13.2 Å². The highest BCUT2D eigenvalue weighted by Crippen LogP contribution is 2.25. The second-order valence-electron chi connectivity index (χ2n) is 4.59. The van der Waals surface area contributed by atoms with Crippen molar-refractivity contribution in [1.29, 1.82) is 0 Å². The first-order valence-electron chi connectivity index (χ1n) is 6.42. The maximum Gasteiger partial charge on any atom is 0.334 e. The second kappa shape index (κ2) is 7.16. The van der Waals surface area contributed by atoms with Gasteiger partial charge in [-0.15, -0.1) is 0 Å². The second-order valence-corrected chi connectivity index (χ2v) is 5.41. The van der Waals surface area contributed by atoms with Gasteiger partial charge >= 0.3 is 5.97 Å². The third kappa shape index (κ3) is 4.02. The van der Waals surface area contributed by atoms with Gasteiger partial charge in [0.05, 0.1) is 18.9 Å². The normalized spacial score (nSPS) is 20.8. The molecule has 112 valence electrons. The number of carbonyl (C=O) groups is 1. The highest BCUT2D eigenvalue weighted by Gasteiger charge is 2.20. The first-order valence-corrected chi connectivity index (χ1v) is 7.21. The standard InChI is InChI=1S/C12H17BrN2O5/c13-10-5-8(6-19-7-9(16)12(17)18)15(14-10)11-3-1-2-4-20-11/h5,9,11,16H,1-4,6-7H2,(H,17,18). The Hall–Kier alpha value is -0.960. The van der Waals surface area contributed by atoms with E-state index in [9.17, 15) is 4.79 Å². The molecule has 1 aliphatic rings. The lowest BCUT2D eigenvalue weighted by molar-refractivity contribution is -0.150. The fourth-order valence-electron chi connectivity index (χ4n) is 2.02. The quantitative estimate of drug-likeness (QED) is 0.804. The molecule has 1 aromatic heterocycles. The number of aliphatic carboxylic acids is 1. The van der Waals surface area contributed by atoms with Crippen LogP contribution in [0.4, 0.5) is 0 Å². The van der Waals surface area contributed by atoms with E-state index < -0.39 is 12.1 Å². The Morgan fingerprint density at radius 1 is 1.65 bits per heavy atom. The minimum atomic E-state index is -1.51. The first-order chi connectivity index (χ1) is 9.58. The van der Waals surface area contributed by atoms with Crippen molar-refractivity contribution in [3.63, 3.8) is 0 Å². The summed E-state index contributed by atoms with van der Waals surface area (Å²) in [6, 6.07) is 1.80. The molecule has 2 atom stereocenters. The van der Waals surface area contributed by atoms with Gasteiger partial charge in [0.2, 0.25) is 0 Å². The Morgan fingerprint density at radius 2 is 2.45 bits per heavy atom. The summed E-state index contributed by atoms with van der Waals surface area (Å²) in [6.07, 6.45) is 1.40. The lowest BCUT2D eigenvalue weighted by Gasteiger charge is -2.24. The number of hydrogen-bond acceptors (Lipinski definition) is 5. The van der Waals surface area contributed by atoms with Crippen molar-refractivity contribution in [1.82, 2.24) is 9.78 Å². The van der Waals surface area contributed by atoms with Gasteiger partial charge in [0.25, 0.3) is 0 Å².